The summed E-state index contributed by atoms with van der Waals surface area (Å²) in [6, 6.07) is 10.9. The summed E-state index contributed by atoms with van der Waals surface area (Å²) in [4.78, 5) is 0. The van der Waals surface area contributed by atoms with Gasteiger partial charge in [0.1, 0.15) is 6.04 Å². The SMILES string of the molecule is C=C(C#N)C(c1ccccc1)n1nnnc1N. The molecule has 84 valence electrons. The van der Waals surface area contributed by atoms with Gasteiger partial charge in [0.15, 0.2) is 0 Å². The molecule has 0 saturated heterocycles. The first kappa shape index (κ1) is 10.8. The second-order valence-electron chi connectivity index (χ2n) is 3.43. The summed E-state index contributed by atoms with van der Waals surface area (Å²) in [5.74, 6) is 0.148. The van der Waals surface area contributed by atoms with Crippen LogP contribution >= 0.6 is 0 Å². The van der Waals surface area contributed by atoms with Gasteiger partial charge in [-0.15, -0.1) is 0 Å². The van der Waals surface area contributed by atoms with Crippen molar-refractivity contribution in [3.8, 4) is 6.07 Å². The maximum Gasteiger partial charge on any atom is 0.241 e. The summed E-state index contributed by atoms with van der Waals surface area (Å²) >= 11 is 0. The predicted octanol–water partition coefficient (Wildman–Crippen LogP) is 0.924. The van der Waals surface area contributed by atoms with Crippen molar-refractivity contribution >= 4 is 5.95 Å². The molecule has 0 spiro atoms. The largest absolute Gasteiger partial charge is 0.367 e. The number of hydrogen-bond donors (Lipinski definition) is 1. The van der Waals surface area contributed by atoms with Crippen LogP contribution in [0, 0.1) is 11.3 Å². The van der Waals surface area contributed by atoms with Crippen molar-refractivity contribution in [3.05, 3.63) is 48.0 Å². The number of hydrogen-bond acceptors (Lipinski definition) is 5. The van der Waals surface area contributed by atoms with E-state index in [1.165, 1.54) is 4.68 Å². The molecule has 1 atom stereocenters. The predicted molar refractivity (Wildman–Crippen MR) is 61.6 cm³/mol. The normalized spacial score (nSPS) is 11.7. The Morgan fingerprint density at radius 3 is 2.65 bits per heavy atom. The van der Waals surface area contributed by atoms with E-state index in [4.69, 9.17) is 11.0 Å². The smallest absolute Gasteiger partial charge is 0.241 e. The third-order valence-corrected chi connectivity index (χ3v) is 2.35. The van der Waals surface area contributed by atoms with Crippen LogP contribution in [0.15, 0.2) is 42.5 Å². The first-order valence-corrected chi connectivity index (χ1v) is 4.91. The molecular weight excluding hydrogens is 216 g/mol. The summed E-state index contributed by atoms with van der Waals surface area (Å²) in [6.07, 6.45) is 0. The molecular formula is C11H10N6. The van der Waals surface area contributed by atoms with E-state index >= 15 is 0 Å². The average molecular weight is 226 g/mol. The molecule has 2 aromatic rings. The fourth-order valence-electron chi connectivity index (χ4n) is 1.57. The lowest BCUT2D eigenvalue weighted by molar-refractivity contribution is 0.579. The van der Waals surface area contributed by atoms with Gasteiger partial charge in [0.2, 0.25) is 5.95 Å². The third kappa shape index (κ3) is 1.99. The quantitative estimate of drug-likeness (QED) is 0.785. The number of anilines is 1. The highest BCUT2D eigenvalue weighted by Gasteiger charge is 2.20. The van der Waals surface area contributed by atoms with E-state index in [0.29, 0.717) is 5.57 Å². The number of rotatable bonds is 3. The molecule has 0 amide bonds. The van der Waals surface area contributed by atoms with E-state index in [1.807, 2.05) is 36.4 Å². The second kappa shape index (κ2) is 4.45. The summed E-state index contributed by atoms with van der Waals surface area (Å²) in [5, 5.41) is 19.8. The average Bonchev–Trinajstić information content (AvgIpc) is 2.77. The van der Waals surface area contributed by atoms with Crippen molar-refractivity contribution in [1.29, 1.82) is 5.26 Å². The molecule has 0 saturated carbocycles. The Labute approximate surface area is 98.0 Å². The fraction of sp³-hybridized carbons (Fsp3) is 0.0909. The van der Waals surface area contributed by atoms with Gasteiger partial charge in [-0.3, -0.25) is 0 Å². The van der Waals surface area contributed by atoms with Gasteiger partial charge in [0, 0.05) is 0 Å². The molecule has 2 N–H and O–H groups in total. The number of aromatic nitrogens is 4. The molecule has 0 bridgehead atoms. The molecule has 6 heteroatoms. The van der Waals surface area contributed by atoms with Crippen molar-refractivity contribution in [2.24, 2.45) is 0 Å². The summed E-state index contributed by atoms with van der Waals surface area (Å²) < 4.78 is 1.38. The molecule has 0 aliphatic rings. The van der Waals surface area contributed by atoms with Crippen LogP contribution in [0.2, 0.25) is 0 Å². The van der Waals surface area contributed by atoms with E-state index in [1.54, 1.807) is 0 Å². The lowest BCUT2D eigenvalue weighted by atomic mass is 10.0. The monoisotopic (exact) mass is 226 g/mol. The number of nitrogens with two attached hydrogens (primary N) is 1. The zero-order valence-electron chi connectivity index (χ0n) is 8.98. The molecule has 0 radical (unpaired) electrons. The maximum absolute atomic E-state index is 8.98. The van der Waals surface area contributed by atoms with Crippen LogP contribution in [-0.2, 0) is 0 Å². The molecule has 0 aliphatic carbocycles. The standard InChI is InChI=1S/C11H10N6/c1-8(7-12)10(9-5-3-2-4-6-9)17-11(13)14-15-16-17/h2-6,10H,1H2,(H2,13,14,16). The highest BCUT2D eigenvalue weighted by molar-refractivity contribution is 5.36. The Morgan fingerprint density at radius 1 is 1.41 bits per heavy atom. The van der Waals surface area contributed by atoms with Gasteiger partial charge in [-0.1, -0.05) is 42.0 Å². The number of tetrazole rings is 1. The van der Waals surface area contributed by atoms with Crippen LogP contribution in [0.25, 0.3) is 0 Å². The van der Waals surface area contributed by atoms with Gasteiger partial charge >= 0.3 is 0 Å². The van der Waals surface area contributed by atoms with Gasteiger partial charge in [0.05, 0.1) is 11.6 Å². The van der Waals surface area contributed by atoms with Gasteiger partial charge in [-0.2, -0.15) is 9.94 Å². The first-order valence-electron chi connectivity index (χ1n) is 4.91. The number of allylic oxidation sites excluding steroid dienone is 1. The molecule has 6 nitrogen and oxygen atoms in total. The van der Waals surface area contributed by atoms with Gasteiger partial charge < -0.3 is 5.73 Å². The zero-order chi connectivity index (χ0) is 12.3. The summed E-state index contributed by atoms with van der Waals surface area (Å²) in [7, 11) is 0. The molecule has 2 rings (SSSR count). The van der Waals surface area contributed by atoms with E-state index in [-0.39, 0.29) is 5.95 Å². The van der Waals surface area contributed by atoms with Crippen molar-refractivity contribution in [2.75, 3.05) is 5.73 Å². The molecule has 1 aromatic carbocycles. The lowest BCUT2D eigenvalue weighted by Crippen LogP contribution is -2.16. The van der Waals surface area contributed by atoms with E-state index in [2.05, 4.69) is 22.1 Å². The van der Waals surface area contributed by atoms with E-state index in [0.717, 1.165) is 5.56 Å². The third-order valence-electron chi connectivity index (χ3n) is 2.35. The summed E-state index contributed by atoms with van der Waals surface area (Å²) in [6.45, 7) is 3.71. The minimum absolute atomic E-state index is 0.148. The Balaban J connectivity index is 2.51. The minimum Gasteiger partial charge on any atom is -0.367 e. The van der Waals surface area contributed by atoms with E-state index < -0.39 is 6.04 Å². The van der Waals surface area contributed by atoms with Crippen LogP contribution in [0.5, 0.6) is 0 Å². The highest BCUT2D eigenvalue weighted by Crippen LogP contribution is 2.25. The first-order chi connectivity index (χ1) is 8.24. The van der Waals surface area contributed by atoms with Crippen LogP contribution in [0.3, 0.4) is 0 Å². The maximum atomic E-state index is 8.98. The summed E-state index contributed by atoms with van der Waals surface area (Å²) in [5.41, 5.74) is 6.84. The highest BCUT2D eigenvalue weighted by atomic mass is 15.6. The van der Waals surface area contributed by atoms with Crippen molar-refractivity contribution < 1.29 is 0 Å². The molecule has 1 heterocycles. The van der Waals surface area contributed by atoms with Crippen LogP contribution < -0.4 is 5.73 Å². The van der Waals surface area contributed by atoms with Crippen molar-refractivity contribution in [1.82, 2.24) is 20.2 Å². The van der Waals surface area contributed by atoms with Crippen molar-refractivity contribution in [2.45, 2.75) is 6.04 Å². The Kier molecular flexibility index (Phi) is 2.83. The van der Waals surface area contributed by atoms with Gasteiger partial charge in [-0.05, 0) is 16.0 Å². The number of nitriles is 1. The van der Waals surface area contributed by atoms with Crippen LogP contribution in [0.4, 0.5) is 5.95 Å². The second-order valence-corrected chi connectivity index (χ2v) is 3.43. The lowest BCUT2D eigenvalue weighted by Gasteiger charge is -2.15. The van der Waals surface area contributed by atoms with Gasteiger partial charge in [-0.25, -0.2) is 0 Å². The zero-order valence-corrected chi connectivity index (χ0v) is 8.98. The Morgan fingerprint density at radius 2 is 2.12 bits per heavy atom. The number of benzene rings is 1. The van der Waals surface area contributed by atoms with Crippen LogP contribution in [-0.4, -0.2) is 20.2 Å². The Hall–Kier alpha value is -2.68. The molecule has 17 heavy (non-hydrogen) atoms. The topological polar surface area (TPSA) is 93.4 Å². The molecule has 0 aliphatic heterocycles. The number of nitrogens with zero attached hydrogens (tertiary/aromatic N) is 5. The van der Waals surface area contributed by atoms with Crippen LogP contribution in [0.1, 0.15) is 11.6 Å². The Bertz CT molecular complexity index is 565. The van der Waals surface area contributed by atoms with Crippen molar-refractivity contribution in [3.63, 3.8) is 0 Å². The van der Waals surface area contributed by atoms with Gasteiger partial charge in [0.25, 0.3) is 0 Å². The number of nitrogen functional groups attached to an aromatic ring is 1. The minimum atomic E-state index is -0.462. The molecule has 1 aromatic heterocycles. The molecule has 0 fully saturated rings. The molecule has 1 unspecified atom stereocenters. The fourth-order valence-corrected chi connectivity index (χ4v) is 1.57. The van der Waals surface area contributed by atoms with E-state index in [9.17, 15) is 0 Å².